The SMILES string of the molecule is Cc1cc(C)c(N2c3cc(C(C)(C)C)c(-c4ccccc4)cc3B3c4cc(-c5ccccc5)c(C(C)(C)C)cc4N(c4c(C)cc(C)cc4C)c4cc(-n5c6ccc(C(C)(C)C)cc6c6cc(C(C)(C)C)ccc65)cc2c43)c(C)c1. The van der Waals surface area contributed by atoms with Crippen LogP contribution in [0.5, 0.6) is 0 Å². The van der Waals surface area contributed by atoms with Crippen LogP contribution in [0.3, 0.4) is 0 Å². The van der Waals surface area contributed by atoms with Gasteiger partial charge in [0.25, 0.3) is 6.71 Å². The highest BCUT2D eigenvalue weighted by atomic mass is 15.2. The first-order valence-electron chi connectivity index (χ1n) is 29.2. The zero-order chi connectivity index (χ0) is 56.9. The summed E-state index contributed by atoms with van der Waals surface area (Å²) in [5.74, 6) is 0. The second-order valence-corrected chi connectivity index (χ2v) is 27.9. The third-order valence-electron chi connectivity index (χ3n) is 17.6. The second-order valence-electron chi connectivity index (χ2n) is 27.9. The summed E-state index contributed by atoms with van der Waals surface area (Å²) < 4.78 is 2.60. The van der Waals surface area contributed by atoms with Crippen LogP contribution in [0.1, 0.15) is 139 Å². The van der Waals surface area contributed by atoms with Crippen LogP contribution in [-0.2, 0) is 21.7 Å². The number of rotatable bonds is 5. The minimum atomic E-state index is -0.179. The van der Waals surface area contributed by atoms with Crippen molar-refractivity contribution in [3.63, 3.8) is 0 Å². The first-order valence-corrected chi connectivity index (χ1v) is 29.2. The first-order chi connectivity index (χ1) is 37.7. The van der Waals surface area contributed by atoms with Gasteiger partial charge in [0, 0.05) is 33.5 Å². The molecule has 9 aromatic carbocycles. The van der Waals surface area contributed by atoms with E-state index in [2.05, 4.69) is 297 Å². The topological polar surface area (TPSA) is 11.4 Å². The Hall–Kier alpha value is -7.56. The summed E-state index contributed by atoms with van der Waals surface area (Å²) in [6, 6.07) is 62.0. The average Bonchev–Trinajstić information content (AvgIpc) is 1.20. The van der Waals surface area contributed by atoms with Crippen LogP contribution >= 0.6 is 0 Å². The van der Waals surface area contributed by atoms with Gasteiger partial charge in [-0.1, -0.05) is 203 Å². The molecule has 0 amide bonds. The van der Waals surface area contributed by atoms with Crippen molar-refractivity contribution in [1.82, 2.24) is 4.57 Å². The normalized spacial score (nSPS) is 13.6. The lowest BCUT2D eigenvalue weighted by atomic mass is 9.33. The van der Waals surface area contributed by atoms with Crippen LogP contribution in [0, 0.1) is 41.5 Å². The summed E-state index contributed by atoms with van der Waals surface area (Å²) in [5, 5.41) is 2.57. The van der Waals surface area contributed by atoms with Crippen LogP contribution in [-0.4, -0.2) is 11.3 Å². The van der Waals surface area contributed by atoms with Gasteiger partial charge < -0.3 is 14.4 Å². The van der Waals surface area contributed by atoms with Gasteiger partial charge in [-0.05, 0) is 195 Å². The molecule has 0 bridgehead atoms. The molecule has 80 heavy (non-hydrogen) atoms. The predicted octanol–water partition coefficient (Wildman–Crippen LogP) is 19.2. The largest absolute Gasteiger partial charge is 0.311 e. The Morgan fingerprint density at radius 2 is 0.713 bits per heavy atom. The maximum absolute atomic E-state index is 2.70. The molecular formula is C76H80BN3. The molecule has 0 unspecified atom stereocenters. The van der Waals surface area contributed by atoms with E-state index in [9.17, 15) is 0 Å². The Bertz CT molecular complexity index is 3850. The van der Waals surface area contributed by atoms with Crippen molar-refractivity contribution in [2.24, 2.45) is 0 Å². The standard InChI is InChI=1S/C76H80BN3/c1-45-33-47(3)71(48(4)34-45)79-66-43-60(75(13,14)15)56(51-25-21-19-22-26-51)41-62(66)77-63-42-57(52-27-23-20-24-28-52)61(76(16,17)18)44-67(63)80(72-49(5)35-46(2)36-50(72)6)69-40-55(39-68(79)70(69)77)78-64-31-29-53(73(7,8)9)37-58(64)59-38-54(74(10,11)12)30-32-65(59)78/h19-44H,1-18H3. The van der Waals surface area contributed by atoms with E-state index in [1.807, 2.05) is 0 Å². The Morgan fingerprint density at radius 1 is 0.350 bits per heavy atom. The maximum Gasteiger partial charge on any atom is 0.252 e. The number of hydrogen-bond donors (Lipinski definition) is 0. The number of aromatic nitrogens is 1. The molecular weight excluding hydrogens is 966 g/mol. The highest BCUT2D eigenvalue weighted by Crippen LogP contribution is 2.52. The molecule has 2 aliphatic rings. The average molecular weight is 1050 g/mol. The molecule has 0 N–H and O–H groups in total. The lowest BCUT2D eigenvalue weighted by Gasteiger charge is -2.47. The van der Waals surface area contributed by atoms with Crippen LogP contribution < -0.4 is 26.2 Å². The lowest BCUT2D eigenvalue weighted by Crippen LogP contribution is -2.62. The van der Waals surface area contributed by atoms with Gasteiger partial charge in [-0.25, -0.2) is 0 Å². The van der Waals surface area contributed by atoms with Crippen molar-refractivity contribution in [3.8, 4) is 27.9 Å². The smallest absolute Gasteiger partial charge is 0.252 e. The van der Waals surface area contributed by atoms with Crippen molar-refractivity contribution in [3.05, 3.63) is 213 Å². The number of aryl methyl sites for hydroxylation is 6. The molecule has 1 aromatic heterocycles. The van der Waals surface area contributed by atoms with Gasteiger partial charge >= 0.3 is 0 Å². The summed E-state index contributed by atoms with van der Waals surface area (Å²) >= 11 is 0. The number of anilines is 6. The Balaban J connectivity index is 1.32. The van der Waals surface area contributed by atoms with Crippen LogP contribution in [0.15, 0.2) is 158 Å². The monoisotopic (exact) mass is 1050 g/mol. The fraction of sp³-hybridized carbons (Fsp3) is 0.289. The molecule has 3 nitrogen and oxygen atoms in total. The molecule has 0 saturated heterocycles. The Labute approximate surface area is 478 Å². The van der Waals surface area contributed by atoms with Crippen molar-refractivity contribution >= 4 is 79.0 Å². The molecule has 2 aliphatic heterocycles. The van der Waals surface area contributed by atoms with E-state index in [1.165, 1.54) is 150 Å². The van der Waals surface area contributed by atoms with Crippen LogP contribution in [0.25, 0.3) is 49.7 Å². The maximum atomic E-state index is 2.70. The van der Waals surface area contributed by atoms with Gasteiger partial charge in [-0.3, -0.25) is 0 Å². The zero-order valence-electron chi connectivity index (χ0n) is 50.9. The van der Waals surface area contributed by atoms with Gasteiger partial charge in [0.2, 0.25) is 0 Å². The summed E-state index contributed by atoms with van der Waals surface area (Å²) in [5.41, 5.74) is 32.5. The Morgan fingerprint density at radius 3 is 1.05 bits per heavy atom. The lowest BCUT2D eigenvalue weighted by molar-refractivity contribution is 0.590. The van der Waals surface area contributed by atoms with E-state index in [0.717, 1.165) is 5.69 Å². The number of hydrogen-bond acceptors (Lipinski definition) is 2. The van der Waals surface area contributed by atoms with Gasteiger partial charge in [0.15, 0.2) is 0 Å². The molecule has 0 saturated carbocycles. The highest BCUT2D eigenvalue weighted by Gasteiger charge is 2.46. The fourth-order valence-electron chi connectivity index (χ4n) is 13.9. The van der Waals surface area contributed by atoms with Gasteiger partial charge in [0.05, 0.1) is 28.1 Å². The van der Waals surface area contributed by atoms with Crippen molar-refractivity contribution < 1.29 is 0 Å². The van der Waals surface area contributed by atoms with Gasteiger partial charge in [-0.2, -0.15) is 0 Å². The van der Waals surface area contributed by atoms with Crippen molar-refractivity contribution in [2.75, 3.05) is 9.80 Å². The van der Waals surface area contributed by atoms with E-state index in [-0.39, 0.29) is 28.4 Å². The Kier molecular flexibility index (Phi) is 12.3. The zero-order valence-corrected chi connectivity index (χ0v) is 50.9. The molecule has 3 heterocycles. The van der Waals surface area contributed by atoms with Crippen molar-refractivity contribution in [2.45, 2.75) is 146 Å². The molecule has 10 aromatic rings. The van der Waals surface area contributed by atoms with E-state index in [0.29, 0.717) is 0 Å². The first kappa shape index (κ1) is 53.1. The molecule has 12 rings (SSSR count). The summed E-state index contributed by atoms with van der Waals surface area (Å²) in [6.07, 6.45) is 0. The summed E-state index contributed by atoms with van der Waals surface area (Å²) in [7, 11) is 0. The van der Waals surface area contributed by atoms with Gasteiger partial charge in [-0.15, -0.1) is 0 Å². The summed E-state index contributed by atoms with van der Waals surface area (Å²) in [6.45, 7) is 42.0. The van der Waals surface area contributed by atoms with E-state index < -0.39 is 0 Å². The minimum absolute atomic E-state index is 0.0247. The second kappa shape index (κ2) is 18.5. The fourth-order valence-corrected chi connectivity index (χ4v) is 13.9. The molecule has 402 valence electrons. The third-order valence-corrected chi connectivity index (χ3v) is 17.6. The number of nitrogens with zero attached hydrogens (tertiary/aromatic N) is 3. The summed E-state index contributed by atoms with van der Waals surface area (Å²) in [4.78, 5) is 5.40. The minimum Gasteiger partial charge on any atom is -0.311 e. The molecule has 0 radical (unpaired) electrons. The van der Waals surface area contributed by atoms with Crippen LogP contribution in [0.4, 0.5) is 34.1 Å². The van der Waals surface area contributed by atoms with E-state index >= 15 is 0 Å². The quantitative estimate of drug-likeness (QED) is 0.159. The highest BCUT2D eigenvalue weighted by molar-refractivity contribution is 7.00. The molecule has 0 aliphatic carbocycles. The number of benzene rings is 9. The number of fused-ring (bicyclic) bond motifs is 7. The van der Waals surface area contributed by atoms with Crippen LogP contribution in [0.2, 0.25) is 0 Å². The molecule has 0 spiro atoms. The third kappa shape index (κ3) is 8.63. The van der Waals surface area contributed by atoms with E-state index in [4.69, 9.17) is 0 Å². The molecule has 4 heteroatoms. The van der Waals surface area contributed by atoms with Crippen molar-refractivity contribution in [1.29, 1.82) is 0 Å². The molecule has 0 atom stereocenters. The van der Waals surface area contributed by atoms with E-state index in [1.54, 1.807) is 0 Å². The predicted molar refractivity (Wildman–Crippen MR) is 349 cm³/mol. The molecule has 0 fully saturated rings. The van der Waals surface area contributed by atoms with Gasteiger partial charge in [0.1, 0.15) is 0 Å².